The number of para-hydroxylation sites is 1. The third kappa shape index (κ3) is 5.66. The van der Waals surface area contributed by atoms with Crippen LogP contribution in [0.5, 0.6) is 0 Å². The number of hydrogen-bond acceptors (Lipinski definition) is 3. The van der Waals surface area contributed by atoms with Crippen molar-refractivity contribution in [1.82, 2.24) is 9.88 Å². The van der Waals surface area contributed by atoms with Gasteiger partial charge in [0.15, 0.2) is 0 Å². The fourth-order valence-electron chi connectivity index (χ4n) is 3.49. The summed E-state index contributed by atoms with van der Waals surface area (Å²) in [6.45, 7) is 4.13. The highest BCUT2D eigenvalue weighted by atomic mass is 35.5. The Morgan fingerprint density at radius 3 is 2.17 bits per heavy atom. The molecule has 1 saturated heterocycles. The summed E-state index contributed by atoms with van der Waals surface area (Å²) in [5, 5.41) is 0. The first-order valence-corrected chi connectivity index (χ1v) is 9.11. The molecule has 1 aliphatic rings. The van der Waals surface area contributed by atoms with E-state index in [0.717, 1.165) is 49.4 Å². The molecular weight excluding hydrogens is 415 g/mol. The second kappa shape index (κ2) is 10.5. The second-order valence-corrected chi connectivity index (χ2v) is 6.80. The predicted molar refractivity (Wildman–Crippen MR) is 118 cm³/mol. The molecule has 0 unspecified atom stereocenters. The molecule has 4 rings (SSSR count). The summed E-state index contributed by atoms with van der Waals surface area (Å²) in [7, 11) is 0. The molecule has 2 heterocycles. The molecule has 2 aromatic carbocycles. The van der Waals surface area contributed by atoms with E-state index in [9.17, 15) is 8.78 Å². The molecule has 154 valence electrons. The van der Waals surface area contributed by atoms with E-state index in [0.29, 0.717) is 5.69 Å². The van der Waals surface area contributed by atoms with Crippen molar-refractivity contribution < 1.29 is 8.78 Å². The van der Waals surface area contributed by atoms with Gasteiger partial charge in [-0.2, -0.15) is 0 Å². The van der Waals surface area contributed by atoms with E-state index in [4.69, 9.17) is 0 Å². The van der Waals surface area contributed by atoms with E-state index < -0.39 is 0 Å². The smallest absolute Gasteiger partial charge is 0.146 e. The van der Waals surface area contributed by atoms with Crippen LogP contribution in [0.15, 0.2) is 67.0 Å². The summed E-state index contributed by atoms with van der Waals surface area (Å²) in [6, 6.07) is 15.5. The van der Waals surface area contributed by atoms with E-state index in [-0.39, 0.29) is 36.4 Å². The molecular formula is C22H23Cl2F2N3. The number of nitrogens with zero attached hydrogens (tertiary/aromatic N) is 3. The summed E-state index contributed by atoms with van der Waals surface area (Å²) in [6.07, 6.45) is 3.67. The maximum absolute atomic E-state index is 14.0. The Balaban J connectivity index is 0.00000150. The average molecular weight is 438 g/mol. The summed E-state index contributed by atoms with van der Waals surface area (Å²) in [5.74, 6) is -0.405. The monoisotopic (exact) mass is 437 g/mol. The maximum atomic E-state index is 14.0. The van der Waals surface area contributed by atoms with Gasteiger partial charge in [-0.15, -0.1) is 24.8 Å². The molecule has 0 amide bonds. The van der Waals surface area contributed by atoms with Crippen molar-refractivity contribution in [3.8, 4) is 11.1 Å². The minimum Gasteiger partial charge on any atom is -0.367 e. The van der Waals surface area contributed by atoms with Crippen molar-refractivity contribution in [3.05, 3.63) is 84.2 Å². The highest BCUT2D eigenvalue weighted by molar-refractivity contribution is 5.85. The van der Waals surface area contributed by atoms with E-state index >= 15 is 0 Å². The molecule has 0 N–H and O–H groups in total. The molecule has 29 heavy (non-hydrogen) atoms. The summed E-state index contributed by atoms with van der Waals surface area (Å²) < 4.78 is 27.1. The first-order valence-electron chi connectivity index (χ1n) is 9.11. The number of aromatic nitrogens is 1. The van der Waals surface area contributed by atoms with Gasteiger partial charge in [0, 0.05) is 50.7 Å². The SMILES string of the molecule is Cl.Cl.Fc1ccc(-c2cncc(CN3CCN(c4ccccc4F)CC3)c2)cc1. The van der Waals surface area contributed by atoms with E-state index in [1.807, 2.05) is 18.3 Å². The highest BCUT2D eigenvalue weighted by Crippen LogP contribution is 2.22. The molecule has 0 bridgehead atoms. The van der Waals surface area contributed by atoms with Crippen molar-refractivity contribution in [3.63, 3.8) is 0 Å². The zero-order valence-electron chi connectivity index (χ0n) is 15.8. The third-order valence-corrected chi connectivity index (χ3v) is 4.94. The van der Waals surface area contributed by atoms with E-state index in [1.165, 1.54) is 18.2 Å². The van der Waals surface area contributed by atoms with Gasteiger partial charge in [-0.25, -0.2) is 8.78 Å². The van der Waals surface area contributed by atoms with Crippen LogP contribution in [0.4, 0.5) is 14.5 Å². The average Bonchev–Trinajstić information content (AvgIpc) is 2.70. The van der Waals surface area contributed by atoms with Gasteiger partial charge in [0.1, 0.15) is 11.6 Å². The first-order chi connectivity index (χ1) is 13.2. The standard InChI is InChI=1S/C22H21F2N3.2ClH/c23-20-7-5-18(6-8-20)19-13-17(14-25-15-19)16-26-9-11-27(12-10-26)22-4-2-1-3-21(22)24;;/h1-8,13-15H,9-12,16H2;2*1H. The summed E-state index contributed by atoms with van der Waals surface area (Å²) in [4.78, 5) is 8.79. The number of hydrogen-bond donors (Lipinski definition) is 0. The number of piperazine rings is 1. The van der Waals surface area contributed by atoms with Crippen molar-refractivity contribution in [2.75, 3.05) is 31.1 Å². The van der Waals surface area contributed by atoms with Gasteiger partial charge < -0.3 is 4.90 Å². The third-order valence-electron chi connectivity index (χ3n) is 4.94. The first kappa shape index (κ1) is 23.1. The molecule has 0 saturated carbocycles. The molecule has 1 aliphatic heterocycles. The Labute approximate surface area is 182 Å². The number of anilines is 1. The van der Waals surface area contributed by atoms with Crippen LogP contribution >= 0.6 is 24.8 Å². The van der Waals surface area contributed by atoms with Crippen LogP contribution in [0.3, 0.4) is 0 Å². The zero-order valence-corrected chi connectivity index (χ0v) is 17.4. The van der Waals surface area contributed by atoms with E-state index in [2.05, 4.69) is 20.9 Å². The Bertz CT molecular complexity index is 914. The van der Waals surface area contributed by atoms with E-state index in [1.54, 1.807) is 24.4 Å². The molecule has 0 radical (unpaired) electrons. The van der Waals surface area contributed by atoms with Crippen LogP contribution in [0.2, 0.25) is 0 Å². The number of rotatable bonds is 4. The van der Waals surface area contributed by atoms with Crippen LogP contribution in [-0.4, -0.2) is 36.1 Å². The van der Waals surface area contributed by atoms with Crippen LogP contribution in [-0.2, 0) is 6.54 Å². The fourth-order valence-corrected chi connectivity index (χ4v) is 3.49. The molecule has 0 spiro atoms. The quantitative estimate of drug-likeness (QED) is 0.559. The lowest BCUT2D eigenvalue weighted by molar-refractivity contribution is 0.249. The topological polar surface area (TPSA) is 19.4 Å². The summed E-state index contributed by atoms with van der Waals surface area (Å²) >= 11 is 0. The molecule has 7 heteroatoms. The van der Waals surface area contributed by atoms with Crippen molar-refractivity contribution >= 4 is 30.5 Å². The van der Waals surface area contributed by atoms with Crippen molar-refractivity contribution in [2.24, 2.45) is 0 Å². The lowest BCUT2D eigenvalue weighted by Gasteiger charge is -2.36. The Hall–Kier alpha value is -2.21. The van der Waals surface area contributed by atoms with Gasteiger partial charge >= 0.3 is 0 Å². The molecule has 1 fully saturated rings. The maximum Gasteiger partial charge on any atom is 0.146 e. The molecule has 3 aromatic rings. The number of pyridine rings is 1. The van der Waals surface area contributed by atoms with Gasteiger partial charge in [-0.05, 0) is 41.5 Å². The normalized spacial score (nSPS) is 14.1. The second-order valence-electron chi connectivity index (χ2n) is 6.80. The largest absolute Gasteiger partial charge is 0.367 e. The van der Waals surface area contributed by atoms with Gasteiger partial charge in [-0.3, -0.25) is 9.88 Å². The lowest BCUT2D eigenvalue weighted by atomic mass is 10.1. The van der Waals surface area contributed by atoms with Crippen molar-refractivity contribution in [1.29, 1.82) is 0 Å². The van der Waals surface area contributed by atoms with Crippen LogP contribution in [0, 0.1) is 11.6 Å². The van der Waals surface area contributed by atoms with Crippen LogP contribution in [0.25, 0.3) is 11.1 Å². The molecule has 0 atom stereocenters. The molecule has 3 nitrogen and oxygen atoms in total. The highest BCUT2D eigenvalue weighted by Gasteiger charge is 2.19. The predicted octanol–water partition coefficient (Wildman–Crippen LogP) is 5.19. The number of halogens is 4. The minimum absolute atomic E-state index is 0. The zero-order chi connectivity index (χ0) is 18.6. The minimum atomic E-state index is -0.240. The Morgan fingerprint density at radius 2 is 1.48 bits per heavy atom. The molecule has 1 aromatic heterocycles. The number of benzene rings is 2. The van der Waals surface area contributed by atoms with Gasteiger partial charge in [0.05, 0.1) is 5.69 Å². The molecule has 0 aliphatic carbocycles. The van der Waals surface area contributed by atoms with Gasteiger partial charge in [0.2, 0.25) is 0 Å². The van der Waals surface area contributed by atoms with Gasteiger partial charge in [0.25, 0.3) is 0 Å². The fraction of sp³-hybridized carbons (Fsp3) is 0.227. The van der Waals surface area contributed by atoms with Gasteiger partial charge in [-0.1, -0.05) is 24.3 Å². The van der Waals surface area contributed by atoms with Crippen LogP contribution in [0.1, 0.15) is 5.56 Å². The lowest BCUT2D eigenvalue weighted by Crippen LogP contribution is -2.46. The van der Waals surface area contributed by atoms with Crippen LogP contribution < -0.4 is 4.90 Å². The Kier molecular flexibility index (Phi) is 8.38. The Morgan fingerprint density at radius 1 is 0.793 bits per heavy atom. The summed E-state index contributed by atoms with van der Waals surface area (Å²) in [5.41, 5.74) is 3.74. The van der Waals surface area contributed by atoms with Crippen molar-refractivity contribution in [2.45, 2.75) is 6.54 Å².